The van der Waals surface area contributed by atoms with Gasteiger partial charge < -0.3 is 10.4 Å². The maximum absolute atomic E-state index is 12.7. The molecule has 2 N–H and O–H groups in total. The molecule has 1 aliphatic carbocycles. The molecule has 0 bridgehead atoms. The van der Waals surface area contributed by atoms with Crippen molar-refractivity contribution in [2.24, 2.45) is 5.92 Å². The molecular weight excluding hydrogens is 221 g/mol. The molecule has 3 nitrogen and oxygen atoms in total. The zero-order valence-corrected chi connectivity index (χ0v) is 9.53. The number of carbonyl (C=O) groups is 1. The van der Waals surface area contributed by atoms with E-state index in [1.807, 2.05) is 0 Å². The van der Waals surface area contributed by atoms with Crippen LogP contribution >= 0.6 is 0 Å². The first-order valence-corrected chi connectivity index (χ1v) is 5.86. The molecule has 1 aromatic carbocycles. The highest BCUT2D eigenvalue weighted by atomic mass is 19.1. The predicted molar refractivity (Wildman–Crippen MR) is 62.0 cm³/mol. The summed E-state index contributed by atoms with van der Waals surface area (Å²) in [7, 11) is 0. The van der Waals surface area contributed by atoms with Crippen LogP contribution in [0.3, 0.4) is 0 Å². The molecule has 1 amide bonds. The smallest absolute Gasteiger partial charge is 0.223 e. The topological polar surface area (TPSA) is 49.3 Å². The summed E-state index contributed by atoms with van der Waals surface area (Å²) in [6.45, 7) is 0.605. The SMILES string of the molecule is O=C(NCCCO)C1CC1c1ccc(F)cc1. The lowest BCUT2D eigenvalue weighted by Gasteiger charge is -2.03. The molecule has 0 saturated heterocycles. The highest BCUT2D eigenvalue weighted by Crippen LogP contribution is 2.47. The van der Waals surface area contributed by atoms with Gasteiger partial charge in [0, 0.05) is 19.1 Å². The first-order valence-electron chi connectivity index (χ1n) is 5.86. The van der Waals surface area contributed by atoms with E-state index in [9.17, 15) is 9.18 Å². The summed E-state index contributed by atoms with van der Waals surface area (Å²) < 4.78 is 12.7. The van der Waals surface area contributed by atoms with Crippen LogP contribution in [0, 0.1) is 11.7 Å². The zero-order chi connectivity index (χ0) is 12.3. The lowest BCUT2D eigenvalue weighted by Crippen LogP contribution is -2.26. The summed E-state index contributed by atoms with van der Waals surface area (Å²) in [5.74, 6) is 0.0232. The molecule has 1 fully saturated rings. The second kappa shape index (κ2) is 5.27. The Morgan fingerprint density at radius 1 is 1.41 bits per heavy atom. The van der Waals surface area contributed by atoms with Crippen molar-refractivity contribution >= 4 is 5.91 Å². The molecule has 2 unspecified atom stereocenters. The van der Waals surface area contributed by atoms with Gasteiger partial charge in [0.25, 0.3) is 0 Å². The first-order chi connectivity index (χ1) is 8.22. The van der Waals surface area contributed by atoms with E-state index in [0.717, 1.165) is 12.0 Å². The van der Waals surface area contributed by atoms with E-state index >= 15 is 0 Å². The van der Waals surface area contributed by atoms with Gasteiger partial charge in [0.2, 0.25) is 5.91 Å². The molecule has 92 valence electrons. The number of benzene rings is 1. The predicted octanol–water partition coefficient (Wildman–Crippen LogP) is 1.43. The van der Waals surface area contributed by atoms with Crippen molar-refractivity contribution < 1.29 is 14.3 Å². The van der Waals surface area contributed by atoms with Gasteiger partial charge in [-0.25, -0.2) is 4.39 Å². The van der Waals surface area contributed by atoms with Crippen molar-refractivity contribution in [3.05, 3.63) is 35.6 Å². The summed E-state index contributed by atoms with van der Waals surface area (Å²) >= 11 is 0. The normalized spacial score (nSPS) is 22.2. The molecule has 2 atom stereocenters. The fourth-order valence-corrected chi connectivity index (χ4v) is 1.98. The molecule has 2 rings (SSSR count). The van der Waals surface area contributed by atoms with Gasteiger partial charge in [-0.3, -0.25) is 4.79 Å². The molecule has 1 aromatic rings. The van der Waals surface area contributed by atoms with Crippen LogP contribution in [0.2, 0.25) is 0 Å². The van der Waals surface area contributed by atoms with Gasteiger partial charge in [-0.2, -0.15) is 0 Å². The molecule has 0 spiro atoms. The second-order valence-electron chi connectivity index (χ2n) is 4.37. The average molecular weight is 237 g/mol. The standard InChI is InChI=1S/C13H16FNO2/c14-10-4-2-9(3-5-10)11-8-12(11)13(17)15-6-1-7-16/h2-5,11-12,16H,1,6-8H2,(H,15,17). The molecular formula is C13H16FNO2. The monoisotopic (exact) mass is 237 g/mol. The molecule has 4 heteroatoms. The Hall–Kier alpha value is -1.42. The maximum Gasteiger partial charge on any atom is 0.223 e. The minimum Gasteiger partial charge on any atom is -0.396 e. The Morgan fingerprint density at radius 2 is 2.12 bits per heavy atom. The van der Waals surface area contributed by atoms with Gasteiger partial charge >= 0.3 is 0 Å². The Labute approximate surface area is 99.7 Å². The van der Waals surface area contributed by atoms with Gasteiger partial charge in [0.15, 0.2) is 0 Å². The van der Waals surface area contributed by atoms with Crippen LogP contribution in [0.5, 0.6) is 0 Å². The van der Waals surface area contributed by atoms with Gasteiger partial charge in [-0.1, -0.05) is 12.1 Å². The van der Waals surface area contributed by atoms with E-state index in [1.165, 1.54) is 12.1 Å². The van der Waals surface area contributed by atoms with Crippen LogP contribution in [0.1, 0.15) is 24.3 Å². The van der Waals surface area contributed by atoms with Crippen LogP contribution in [0.15, 0.2) is 24.3 Å². The summed E-state index contributed by atoms with van der Waals surface area (Å²) in [5, 5.41) is 11.4. The Kier molecular flexibility index (Phi) is 3.74. The number of aliphatic hydroxyl groups is 1. The van der Waals surface area contributed by atoms with Crippen molar-refractivity contribution in [2.45, 2.75) is 18.8 Å². The van der Waals surface area contributed by atoms with E-state index in [4.69, 9.17) is 5.11 Å². The minimum atomic E-state index is -0.252. The van der Waals surface area contributed by atoms with Crippen molar-refractivity contribution in [3.8, 4) is 0 Å². The fraction of sp³-hybridized carbons (Fsp3) is 0.462. The third kappa shape index (κ3) is 3.03. The van der Waals surface area contributed by atoms with E-state index < -0.39 is 0 Å². The van der Waals surface area contributed by atoms with E-state index in [2.05, 4.69) is 5.32 Å². The van der Waals surface area contributed by atoms with E-state index in [1.54, 1.807) is 12.1 Å². The number of hydrogen-bond acceptors (Lipinski definition) is 2. The Bertz CT molecular complexity index is 391. The number of nitrogens with one attached hydrogen (secondary N) is 1. The minimum absolute atomic E-state index is 0.0131. The average Bonchev–Trinajstić information content (AvgIpc) is 3.10. The molecule has 0 aliphatic heterocycles. The van der Waals surface area contributed by atoms with Crippen molar-refractivity contribution in [1.29, 1.82) is 0 Å². The quantitative estimate of drug-likeness (QED) is 0.761. The lowest BCUT2D eigenvalue weighted by atomic mass is 10.1. The van der Waals surface area contributed by atoms with Crippen molar-refractivity contribution in [3.63, 3.8) is 0 Å². The van der Waals surface area contributed by atoms with Crippen LogP contribution in [-0.4, -0.2) is 24.2 Å². The number of amides is 1. The van der Waals surface area contributed by atoms with Crippen molar-refractivity contribution in [1.82, 2.24) is 5.32 Å². The number of rotatable bonds is 5. The highest BCUT2D eigenvalue weighted by molar-refractivity contribution is 5.82. The second-order valence-corrected chi connectivity index (χ2v) is 4.37. The largest absolute Gasteiger partial charge is 0.396 e. The fourth-order valence-electron chi connectivity index (χ4n) is 1.98. The van der Waals surface area contributed by atoms with E-state index in [0.29, 0.717) is 13.0 Å². The summed E-state index contributed by atoms with van der Waals surface area (Å²) in [5.41, 5.74) is 1.02. The highest BCUT2D eigenvalue weighted by Gasteiger charge is 2.43. The molecule has 0 radical (unpaired) electrons. The molecule has 1 saturated carbocycles. The maximum atomic E-state index is 12.7. The zero-order valence-electron chi connectivity index (χ0n) is 9.53. The Morgan fingerprint density at radius 3 is 2.76 bits per heavy atom. The van der Waals surface area contributed by atoms with Crippen molar-refractivity contribution in [2.75, 3.05) is 13.2 Å². The van der Waals surface area contributed by atoms with Gasteiger partial charge in [0.1, 0.15) is 5.82 Å². The summed E-state index contributed by atoms with van der Waals surface area (Å²) in [6.07, 6.45) is 1.41. The van der Waals surface area contributed by atoms with Crippen LogP contribution in [0.25, 0.3) is 0 Å². The van der Waals surface area contributed by atoms with Gasteiger partial charge in [0.05, 0.1) is 0 Å². The van der Waals surface area contributed by atoms with Crippen LogP contribution in [0.4, 0.5) is 4.39 Å². The third-order valence-corrected chi connectivity index (χ3v) is 3.06. The summed E-state index contributed by atoms with van der Waals surface area (Å²) in [6, 6.07) is 6.32. The van der Waals surface area contributed by atoms with Gasteiger partial charge in [-0.05, 0) is 36.5 Å². The van der Waals surface area contributed by atoms with Crippen LogP contribution in [-0.2, 0) is 4.79 Å². The lowest BCUT2D eigenvalue weighted by molar-refractivity contribution is -0.122. The van der Waals surface area contributed by atoms with Gasteiger partial charge in [-0.15, -0.1) is 0 Å². The van der Waals surface area contributed by atoms with Crippen LogP contribution < -0.4 is 5.32 Å². The number of hydrogen-bond donors (Lipinski definition) is 2. The number of carbonyl (C=O) groups excluding carboxylic acids is 1. The molecule has 17 heavy (non-hydrogen) atoms. The third-order valence-electron chi connectivity index (χ3n) is 3.06. The summed E-state index contributed by atoms with van der Waals surface area (Å²) in [4.78, 5) is 11.7. The molecule has 0 heterocycles. The first kappa shape index (κ1) is 12.0. The molecule has 1 aliphatic rings. The molecule has 0 aromatic heterocycles. The Balaban J connectivity index is 1.83. The number of aliphatic hydroxyl groups excluding tert-OH is 1. The van der Waals surface area contributed by atoms with E-state index in [-0.39, 0.29) is 30.2 Å². The number of halogens is 1.